The summed E-state index contributed by atoms with van der Waals surface area (Å²) in [7, 11) is 0. The van der Waals surface area contributed by atoms with Crippen molar-refractivity contribution < 1.29 is 19.6 Å². The summed E-state index contributed by atoms with van der Waals surface area (Å²) in [4.78, 5) is 20.9. The lowest BCUT2D eigenvalue weighted by atomic mass is 10.2. The number of aromatic carboxylic acids is 1. The summed E-state index contributed by atoms with van der Waals surface area (Å²) < 4.78 is 5.41. The summed E-state index contributed by atoms with van der Waals surface area (Å²) in [5.41, 5.74) is -0.397. The molecular weight excluding hydrogens is 276 g/mol. The maximum atomic E-state index is 10.9. The number of carboxylic acid groups (broad SMARTS) is 1. The van der Waals surface area contributed by atoms with Crippen LogP contribution in [0.25, 0.3) is 0 Å². The van der Waals surface area contributed by atoms with Gasteiger partial charge in [0.05, 0.1) is 10.5 Å². The molecule has 2 aromatic rings. The van der Waals surface area contributed by atoms with Crippen LogP contribution in [0.5, 0.6) is 11.5 Å². The molecule has 0 fully saturated rings. The van der Waals surface area contributed by atoms with Crippen molar-refractivity contribution in [3.05, 3.63) is 63.7 Å². The van der Waals surface area contributed by atoms with Gasteiger partial charge in [0, 0.05) is 12.1 Å². The molecule has 0 bridgehead atoms. The molecule has 7 heteroatoms. The molecule has 0 unspecified atom stereocenters. The molecule has 2 aromatic carbocycles. The van der Waals surface area contributed by atoms with E-state index in [-0.39, 0.29) is 28.3 Å². The van der Waals surface area contributed by atoms with Gasteiger partial charge in [0.1, 0.15) is 23.1 Å². The monoisotopic (exact) mass is 284 g/mol. The summed E-state index contributed by atoms with van der Waals surface area (Å²) in [6.07, 6.45) is 0. The molecule has 0 radical (unpaired) electrons. The summed E-state index contributed by atoms with van der Waals surface area (Å²) >= 11 is 0. The summed E-state index contributed by atoms with van der Waals surface area (Å²) in [5.74, 6) is -0.630. The molecule has 7 nitrogen and oxygen atoms in total. The Morgan fingerprint density at radius 2 is 1.95 bits per heavy atom. The Morgan fingerprint density at radius 1 is 1.24 bits per heavy atom. The van der Waals surface area contributed by atoms with Gasteiger partial charge in [0.15, 0.2) is 0 Å². The Bertz CT molecular complexity index is 764. The number of hydrogen-bond acceptors (Lipinski definition) is 5. The quantitative estimate of drug-likeness (QED) is 0.682. The molecule has 0 aliphatic heterocycles. The fourth-order valence-electron chi connectivity index (χ4n) is 1.66. The molecule has 0 amide bonds. The van der Waals surface area contributed by atoms with Gasteiger partial charge in [0.25, 0.3) is 5.69 Å². The minimum Gasteiger partial charge on any atom is -0.478 e. The minimum absolute atomic E-state index is 0.0509. The lowest BCUT2D eigenvalue weighted by Gasteiger charge is -2.06. The largest absolute Gasteiger partial charge is 0.478 e. The van der Waals surface area contributed by atoms with E-state index in [1.807, 2.05) is 0 Å². The zero-order valence-electron chi connectivity index (χ0n) is 10.5. The highest BCUT2D eigenvalue weighted by molar-refractivity contribution is 5.88. The zero-order chi connectivity index (χ0) is 15.4. The molecule has 0 aromatic heterocycles. The Hall–Kier alpha value is -3.40. The van der Waals surface area contributed by atoms with Gasteiger partial charge in [-0.15, -0.1) is 0 Å². The lowest BCUT2D eigenvalue weighted by Crippen LogP contribution is -1.96. The fourth-order valence-corrected chi connectivity index (χ4v) is 1.66. The van der Waals surface area contributed by atoms with Crippen LogP contribution in [0, 0.1) is 21.4 Å². The minimum atomic E-state index is -1.10. The smallest absolute Gasteiger partial charge is 0.335 e. The van der Waals surface area contributed by atoms with E-state index in [0.717, 1.165) is 6.07 Å². The fraction of sp³-hybridized carbons (Fsp3) is 0. The molecule has 0 saturated carbocycles. The van der Waals surface area contributed by atoms with Crippen molar-refractivity contribution >= 4 is 11.7 Å². The first-order valence-electron chi connectivity index (χ1n) is 5.71. The van der Waals surface area contributed by atoms with Crippen LogP contribution in [0.4, 0.5) is 5.69 Å². The van der Waals surface area contributed by atoms with Crippen molar-refractivity contribution in [1.29, 1.82) is 5.26 Å². The Kier molecular flexibility index (Phi) is 3.81. The van der Waals surface area contributed by atoms with E-state index >= 15 is 0 Å². The van der Waals surface area contributed by atoms with E-state index in [9.17, 15) is 14.9 Å². The molecule has 1 N–H and O–H groups in total. The predicted molar refractivity (Wildman–Crippen MR) is 71.3 cm³/mol. The second-order valence-corrected chi connectivity index (χ2v) is 3.98. The van der Waals surface area contributed by atoms with Crippen LogP contribution in [0.3, 0.4) is 0 Å². The second-order valence-electron chi connectivity index (χ2n) is 3.98. The van der Waals surface area contributed by atoms with E-state index in [2.05, 4.69) is 0 Å². The molecule has 0 atom stereocenters. The molecular formula is C14H8N2O5. The van der Waals surface area contributed by atoms with E-state index in [1.165, 1.54) is 30.3 Å². The van der Waals surface area contributed by atoms with Crippen LogP contribution < -0.4 is 4.74 Å². The number of nitro benzene ring substituents is 1. The van der Waals surface area contributed by atoms with Crippen molar-refractivity contribution in [2.24, 2.45) is 0 Å². The van der Waals surface area contributed by atoms with Crippen LogP contribution in [-0.4, -0.2) is 16.0 Å². The topological polar surface area (TPSA) is 113 Å². The highest BCUT2D eigenvalue weighted by atomic mass is 16.6. The number of nitrogens with zero attached hydrogens (tertiary/aromatic N) is 2. The lowest BCUT2D eigenvalue weighted by molar-refractivity contribution is -0.385. The third-order valence-electron chi connectivity index (χ3n) is 2.60. The third-order valence-corrected chi connectivity index (χ3v) is 2.60. The van der Waals surface area contributed by atoms with Gasteiger partial charge in [-0.1, -0.05) is 6.07 Å². The van der Waals surface area contributed by atoms with Crippen LogP contribution >= 0.6 is 0 Å². The third kappa shape index (κ3) is 3.13. The first kappa shape index (κ1) is 14.0. The molecule has 0 saturated heterocycles. The SMILES string of the molecule is N#Cc1cc(Oc2cccc(C(=O)O)c2)ccc1[N+](=O)[O-]. The summed E-state index contributed by atoms with van der Waals surface area (Å²) in [6.45, 7) is 0. The normalized spacial score (nSPS) is 9.67. The number of nitro groups is 1. The van der Waals surface area contributed by atoms with Crippen LogP contribution in [-0.2, 0) is 0 Å². The van der Waals surface area contributed by atoms with Gasteiger partial charge in [0.2, 0.25) is 0 Å². The first-order valence-corrected chi connectivity index (χ1v) is 5.71. The second kappa shape index (κ2) is 5.71. The number of nitriles is 1. The molecule has 2 rings (SSSR count). The maximum Gasteiger partial charge on any atom is 0.335 e. The van der Waals surface area contributed by atoms with Gasteiger partial charge in [-0.3, -0.25) is 10.1 Å². The van der Waals surface area contributed by atoms with Crippen molar-refractivity contribution in [3.63, 3.8) is 0 Å². The van der Waals surface area contributed by atoms with Crippen LogP contribution in [0.2, 0.25) is 0 Å². The average Bonchev–Trinajstić information content (AvgIpc) is 2.47. The van der Waals surface area contributed by atoms with Crippen molar-refractivity contribution in [3.8, 4) is 17.6 Å². The van der Waals surface area contributed by atoms with Crippen LogP contribution in [0.15, 0.2) is 42.5 Å². The van der Waals surface area contributed by atoms with Crippen molar-refractivity contribution in [2.75, 3.05) is 0 Å². The Balaban J connectivity index is 2.32. The number of benzene rings is 2. The number of rotatable bonds is 4. The standard InChI is InChI=1S/C14H8N2O5/c15-8-10-7-12(4-5-13(10)16(19)20)21-11-3-1-2-9(6-11)14(17)18/h1-7H,(H,17,18). The zero-order valence-corrected chi connectivity index (χ0v) is 10.5. The van der Waals surface area contributed by atoms with Gasteiger partial charge < -0.3 is 9.84 Å². The Morgan fingerprint density at radius 3 is 2.57 bits per heavy atom. The molecule has 0 heterocycles. The van der Waals surface area contributed by atoms with Gasteiger partial charge in [-0.05, 0) is 24.3 Å². The van der Waals surface area contributed by atoms with E-state index in [0.29, 0.717) is 0 Å². The molecule has 21 heavy (non-hydrogen) atoms. The van der Waals surface area contributed by atoms with Crippen molar-refractivity contribution in [2.45, 2.75) is 0 Å². The highest BCUT2D eigenvalue weighted by Crippen LogP contribution is 2.27. The van der Waals surface area contributed by atoms with E-state index < -0.39 is 10.9 Å². The van der Waals surface area contributed by atoms with Gasteiger partial charge in [-0.2, -0.15) is 5.26 Å². The molecule has 0 aliphatic carbocycles. The molecule has 104 valence electrons. The summed E-state index contributed by atoms with van der Waals surface area (Å²) in [6, 6.07) is 11.2. The van der Waals surface area contributed by atoms with Gasteiger partial charge >= 0.3 is 5.97 Å². The highest BCUT2D eigenvalue weighted by Gasteiger charge is 2.14. The predicted octanol–water partition coefficient (Wildman–Crippen LogP) is 2.96. The van der Waals surface area contributed by atoms with Gasteiger partial charge in [-0.25, -0.2) is 4.79 Å². The maximum absolute atomic E-state index is 10.9. The van der Waals surface area contributed by atoms with E-state index in [1.54, 1.807) is 12.1 Å². The summed E-state index contributed by atoms with van der Waals surface area (Å²) in [5, 5.41) is 28.5. The molecule has 0 aliphatic rings. The van der Waals surface area contributed by atoms with Crippen molar-refractivity contribution in [1.82, 2.24) is 0 Å². The average molecular weight is 284 g/mol. The number of hydrogen-bond donors (Lipinski definition) is 1. The molecule has 0 spiro atoms. The Labute approximate surface area is 118 Å². The van der Waals surface area contributed by atoms with E-state index in [4.69, 9.17) is 15.1 Å². The van der Waals surface area contributed by atoms with Crippen LogP contribution in [0.1, 0.15) is 15.9 Å². The number of carbonyl (C=O) groups is 1. The first-order chi connectivity index (χ1) is 10.0. The number of ether oxygens (including phenoxy) is 1. The number of carboxylic acids is 1.